The average molecular weight is 390 g/mol. The molecule has 1 aliphatic rings. The predicted molar refractivity (Wildman–Crippen MR) is 102 cm³/mol. The Bertz CT molecular complexity index is 846. The van der Waals surface area contributed by atoms with Gasteiger partial charge in [-0.05, 0) is 26.0 Å². The molecule has 4 N–H and O–H groups in total. The maximum absolute atomic E-state index is 12.5. The van der Waals surface area contributed by atoms with Crippen LogP contribution in [0.15, 0.2) is 12.1 Å². The van der Waals surface area contributed by atoms with Crippen LogP contribution in [0.1, 0.15) is 30.7 Å². The first kappa shape index (κ1) is 19.1. The van der Waals surface area contributed by atoms with Gasteiger partial charge in [-0.15, -0.1) is 11.3 Å². The lowest BCUT2D eigenvalue weighted by Gasteiger charge is -2.34. The Kier molecular flexibility index (Phi) is 5.57. The summed E-state index contributed by atoms with van der Waals surface area (Å²) in [6, 6.07) is 3.20. The van der Waals surface area contributed by atoms with E-state index in [0.29, 0.717) is 35.9 Å². The molecule has 27 heavy (non-hydrogen) atoms. The van der Waals surface area contributed by atoms with Crippen LogP contribution in [-0.2, 0) is 4.79 Å². The predicted octanol–water partition coefficient (Wildman–Crippen LogP) is 0.583. The molecule has 0 aromatic carbocycles. The van der Waals surface area contributed by atoms with Crippen LogP contribution in [0.5, 0.6) is 0 Å². The number of carbonyl (C=O) groups is 3. The number of nitrogens with one attached hydrogen (secondary N) is 2. The molecule has 1 aliphatic heterocycles. The quantitative estimate of drug-likeness (QED) is 0.689. The standard InChI is InChI=1S/C17H22N6O3S/c1-10-15(11(2)21-20-10)19-14(24)9-22-5-7-23(8-6-22)17(26)13-4-3-12(27-13)16(18)25/h3-4H,5-9H2,1-2H3,(H2,18,25)(H,19,24)(H,20,21). The van der Waals surface area contributed by atoms with Gasteiger partial charge in [-0.25, -0.2) is 0 Å². The van der Waals surface area contributed by atoms with Crippen LogP contribution in [0.2, 0.25) is 0 Å². The van der Waals surface area contributed by atoms with Crippen LogP contribution in [0, 0.1) is 13.8 Å². The van der Waals surface area contributed by atoms with Crippen molar-refractivity contribution in [1.82, 2.24) is 20.0 Å². The molecule has 2 aromatic heterocycles. The second-order valence-electron chi connectivity index (χ2n) is 6.45. The van der Waals surface area contributed by atoms with Gasteiger partial charge in [0.15, 0.2) is 0 Å². The molecule has 0 bridgehead atoms. The highest BCUT2D eigenvalue weighted by Crippen LogP contribution is 2.19. The number of nitrogens with zero attached hydrogens (tertiary/aromatic N) is 3. The number of carbonyl (C=O) groups excluding carboxylic acids is 3. The van der Waals surface area contributed by atoms with Gasteiger partial charge in [0.2, 0.25) is 5.91 Å². The van der Waals surface area contributed by atoms with Gasteiger partial charge in [0.25, 0.3) is 11.8 Å². The molecular weight excluding hydrogens is 368 g/mol. The molecule has 9 nitrogen and oxygen atoms in total. The van der Waals surface area contributed by atoms with E-state index in [1.54, 1.807) is 17.0 Å². The minimum absolute atomic E-state index is 0.105. The third-order valence-corrected chi connectivity index (χ3v) is 5.57. The molecule has 3 amide bonds. The lowest BCUT2D eigenvalue weighted by Crippen LogP contribution is -2.50. The summed E-state index contributed by atoms with van der Waals surface area (Å²) in [5, 5.41) is 9.78. The second-order valence-corrected chi connectivity index (χ2v) is 7.54. The summed E-state index contributed by atoms with van der Waals surface area (Å²) in [5.74, 6) is -0.744. The van der Waals surface area contributed by atoms with Crippen LogP contribution >= 0.6 is 11.3 Å². The van der Waals surface area contributed by atoms with E-state index >= 15 is 0 Å². The molecule has 0 radical (unpaired) electrons. The molecule has 1 fully saturated rings. The van der Waals surface area contributed by atoms with Gasteiger partial charge in [-0.1, -0.05) is 0 Å². The molecule has 3 rings (SSSR count). The molecule has 0 aliphatic carbocycles. The molecule has 1 saturated heterocycles. The summed E-state index contributed by atoms with van der Waals surface area (Å²) in [4.78, 5) is 40.6. The Morgan fingerprint density at radius 2 is 1.85 bits per heavy atom. The molecule has 2 aromatic rings. The lowest BCUT2D eigenvalue weighted by molar-refractivity contribution is -0.117. The third-order valence-electron chi connectivity index (χ3n) is 4.48. The van der Waals surface area contributed by atoms with Gasteiger partial charge < -0.3 is 16.0 Å². The van der Waals surface area contributed by atoms with Crippen molar-refractivity contribution in [3.05, 3.63) is 33.3 Å². The third kappa shape index (κ3) is 4.34. The maximum Gasteiger partial charge on any atom is 0.264 e. The number of aryl methyl sites for hydroxylation is 2. The van der Waals surface area contributed by atoms with E-state index in [1.165, 1.54) is 0 Å². The molecule has 3 heterocycles. The zero-order valence-electron chi connectivity index (χ0n) is 15.2. The smallest absolute Gasteiger partial charge is 0.264 e. The highest BCUT2D eigenvalue weighted by atomic mass is 32.1. The Labute approximate surface area is 160 Å². The van der Waals surface area contributed by atoms with Crippen molar-refractivity contribution in [3.8, 4) is 0 Å². The van der Waals surface area contributed by atoms with E-state index in [0.717, 1.165) is 28.4 Å². The van der Waals surface area contributed by atoms with E-state index in [-0.39, 0.29) is 18.4 Å². The van der Waals surface area contributed by atoms with Gasteiger partial charge >= 0.3 is 0 Å². The topological polar surface area (TPSA) is 124 Å². The van der Waals surface area contributed by atoms with E-state index < -0.39 is 5.91 Å². The number of anilines is 1. The molecule has 0 saturated carbocycles. The van der Waals surface area contributed by atoms with Crippen LogP contribution in [0.25, 0.3) is 0 Å². The first-order valence-electron chi connectivity index (χ1n) is 8.58. The number of rotatable bonds is 5. The zero-order valence-corrected chi connectivity index (χ0v) is 16.1. The largest absolute Gasteiger partial charge is 0.365 e. The van der Waals surface area contributed by atoms with Gasteiger partial charge in [0.05, 0.1) is 33.4 Å². The van der Waals surface area contributed by atoms with Crippen LogP contribution in [0.3, 0.4) is 0 Å². The van der Waals surface area contributed by atoms with Crippen molar-refractivity contribution < 1.29 is 14.4 Å². The van der Waals surface area contributed by atoms with Gasteiger partial charge in [-0.3, -0.25) is 24.4 Å². The van der Waals surface area contributed by atoms with Gasteiger partial charge in [-0.2, -0.15) is 5.10 Å². The lowest BCUT2D eigenvalue weighted by atomic mass is 10.2. The minimum Gasteiger partial charge on any atom is -0.365 e. The number of primary amides is 1. The maximum atomic E-state index is 12.5. The Hall–Kier alpha value is -2.72. The fourth-order valence-electron chi connectivity index (χ4n) is 2.97. The summed E-state index contributed by atoms with van der Waals surface area (Å²) in [6.45, 7) is 6.22. The van der Waals surface area contributed by atoms with Crippen molar-refractivity contribution in [2.24, 2.45) is 5.73 Å². The number of aromatic amines is 1. The number of nitrogens with two attached hydrogens (primary N) is 1. The summed E-state index contributed by atoms with van der Waals surface area (Å²) >= 11 is 1.11. The number of hydrogen-bond acceptors (Lipinski definition) is 6. The highest BCUT2D eigenvalue weighted by Gasteiger charge is 2.25. The van der Waals surface area contributed by atoms with E-state index in [1.807, 2.05) is 18.7 Å². The van der Waals surface area contributed by atoms with Crippen LogP contribution < -0.4 is 11.1 Å². The van der Waals surface area contributed by atoms with Crippen molar-refractivity contribution in [2.75, 3.05) is 38.0 Å². The number of H-pyrrole nitrogens is 1. The Balaban J connectivity index is 1.50. The molecule has 0 unspecified atom stereocenters. The number of thiophene rings is 1. The second kappa shape index (κ2) is 7.89. The molecule has 0 atom stereocenters. The molecule has 10 heteroatoms. The normalized spacial score (nSPS) is 15.0. The van der Waals surface area contributed by atoms with Crippen molar-refractivity contribution in [2.45, 2.75) is 13.8 Å². The zero-order chi connectivity index (χ0) is 19.6. The van der Waals surface area contributed by atoms with Crippen molar-refractivity contribution >= 4 is 34.7 Å². The summed E-state index contributed by atoms with van der Waals surface area (Å²) in [6.07, 6.45) is 0. The fourth-order valence-corrected chi connectivity index (χ4v) is 3.79. The van der Waals surface area contributed by atoms with Gasteiger partial charge in [0, 0.05) is 26.2 Å². The molecular formula is C17H22N6O3S. The van der Waals surface area contributed by atoms with E-state index in [9.17, 15) is 14.4 Å². The average Bonchev–Trinajstić information content (AvgIpc) is 3.25. The van der Waals surface area contributed by atoms with Gasteiger partial charge in [0.1, 0.15) is 0 Å². The Morgan fingerprint density at radius 1 is 1.19 bits per heavy atom. The monoisotopic (exact) mass is 390 g/mol. The number of aromatic nitrogens is 2. The Morgan fingerprint density at radius 3 is 2.41 bits per heavy atom. The number of amides is 3. The number of piperazine rings is 1. The fraction of sp³-hybridized carbons (Fsp3) is 0.412. The summed E-state index contributed by atoms with van der Waals surface area (Å²) in [7, 11) is 0. The summed E-state index contributed by atoms with van der Waals surface area (Å²) < 4.78 is 0. The molecule has 0 spiro atoms. The number of hydrogen-bond donors (Lipinski definition) is 3. The molecule has 144 valence electrons. The van der Waals surface area contributed by atoms with Crippen molar-refractivity contribution in [1.29, 1.82) is 0 Å². The SMILES string of the molecule is Cc1n[nH]c(C)c1NC(=O)CN1CCN(C(=O)c2ccc(C(N)=O)s2)CC1. The summed E-state index contributed by atoms with van der Waals surface area (Å²) in [5.41, 5.74) is 7.53. The van der Waals surface area contributed by atoms with Crippen LogP contribution in [0.4, 0.5) is 5.69 Å². The van der Waals surface area contributed by atoms with Crippen molar-refractivity contribution in [3.63, 3.8) is 0 Å². The van der Waals surface area contributed by atoms with E-state index in [4.69, 9.17) is 5.73 Å². The van der Waals surface area contributed by atoms with Crippen LogP contribution in [-0.4, -0.2) is 70.4 Å². The first-order valence-corrected chi connectivity index (χ1v) is 9.39. The van der Waals surface area contributed by atoms with E-state index in [2.05, 4.69) is 15.5 Å². The highest BCUT2D eigenvalue weighted by molar-refractivity contribution is 7.15. The first-order chi connectivity index (χ1) is 12.8. The minimum atomic E-state index is -0.530.